The number of pyridine rings is 1. The monoisotopic (exact) mass is 291 g/mol. The summed E-state index contributed by atoms with van der Waals surface area (Å²) in [5.41, 5.74) is 1.35. The molecular formula is C16H12F3NO. The van der Waals surface area contributed by atoms with Gasteiger partial charge in [0, 0.05) is 11.8 Å². The van der Waals surface area contributed by atoms with Gasteiger partial charge in [-0.05, 0) is 36.6 Å². The molecule has 1 aliphatic rings. The standard InChI is InChI=1S/C16H12F3NO/c17-16(18,19)12-6-3-11(4-7-12)15(21)13-8-5-10-2-1-9-20-14(10)13/h1-4,6-7,9,13H,5,8H2. The second-order valence-electron chi connectivity index (χ2n) is 5.08. The van der Waals surface area contributed by atoms with Gasteiger partial charge in [0.15, 0.2) is 5.78 Å². The topological polar surface area (TPSA) is 30.0 Å². The predicted molar refractivity (Wildman–Crippen MR) is 71.1 cm³/mol. The maximum atomic E-state index is 12.5. The van der Waals surface area contributed by atoms with Gasteiger partial charge in [-0.25, -0.2) is 0 Å². The van der Waals surface area contributed by atoms with Crippen LogP contribution in [-0.4, -0.2) is 10.8 Å². The van der Waals surface area contributed by atoms with Crippen LogP contribution >= 0.6 is 0 Å². The maximum Gasteiger partial charge on any atom is 0.416 e. The quantitative estimate of drug-likeness (QED) is 0.782. The van der Waals surface area contributed by atoms with Crippen LogP contribution in [0.1, 0.15) is 39.5 Å². The Morgan fingerprint density at radius 2 is 1.86 bits per heavy atom. The van der Waals surface area contributed by atoms with Crippen molar-refractivity contribution in [1.29, 1.82) is 0 Å². The van der Waals surface area contributed by atoms with Crippen molar-refractivity contribution in [2.75, 3.05) is 0 Å². The fourth-order valence-electron chi connectivity index (χ4n) is 2.69. The Bertz CT molecular complexity index is 677. The van der Waals surface area contributed by atoms with Crippen molar-refractivity contribution in [3.05, 3.63) is 65.0 Å². The molecule has 21 heavy (non-hydrogen) atoms. The third-order valence-corrected chi connectivity index (χ3v) is 3.77. The number of carbonyl (C=O) groups excluding carboxylic acids is 1. The molecule has 2 nitrogen and oxygen atoms in total. The van der Waals surface area contributed by atoms with E-state index in [2.05, 4.69) is 4.98 Å². The van der Waals surface area contributed by atoms with Crippen molar-refractivity contribution in [2.24, 2.45) is 0 Å². The van der Waals surface area contributed by atoms with Gasteiger partial charge in [0.1, 0.15) is 0 Å². The first-order chi connectivity index (χ1) is 9.97. The molecule has 1 aliphatic carbocycles. The van der Waals surface area contributed by atoms with Gasteiger partial charge in [0.2, 0.25) is 0 Å². The summed E-state index contributed by atoms with van der Waals surface area (Å²) in [5, 5.41) is 0. The zero-order chi connectivity index (χ0) is 15.0. The fourth-order valence-corrected chi connectivity index (χ4v) is 2.69. The van der Waals surface area contributed by atoms with Crippen LogP contribution in [0.2, 0.25) is 0 Å². The van der Waals surface area contributed by atoms with E-state index in [-0.39, 0.29) is 11.7 Å². The molecule has 0 radical (unpaired) electrons. The molecule has 108 valence electrons. The number of alkyl halides is 3. The smallest absolute Gasteiger partial charge is 0.293 e. The lowest BCUT2D eigenvalue weighted by atomic mass is 9.94. The normalized spacial score (nSPS) is 17.6. The van der Waals surface area contributed by atoms with Crippen LogP contribution in [0.3, 0.4) is 0 Å². The molecule has 5 heteroatoms. The summed E-state index contributed by atoms with van der Waals surface area (Å²) in [5.74, 6) is -0.515. The van der Waals surface area contributed by atoms with Gasteiger partial charge in [-0.2, -0.15) is 13.2 Å². The Morgan fingerprint density at radius 1 is 1.14 bits per heavy atom. The van der Waals surface area contributed by atoms with Crippen molar-refractivity contribution < 1.29 is 18.0 Å². The molecule has 1 heterocycles. The van der Waals surface area contributed by atoms with E-state index >= 15 is 0 Å². The van der Waals surface area contributed by atoms with Crippen molar-refractivity contribution in [3.63, 3.8) is 0 Å². The lowest BCUT2D eigenvalue weighted by Gasteiger charge is -2.11. The molecule has 0 N–H and O–H groups in total. The molecule has 1 aromatic carbocycles. The van der Waals surface area contributed by atoms with E-state index in [0.29, 0.717) is 12.0 Å². The summed E-state index contributed by atoms with van der Waals surface area (Å²) in [4.78, 5) is 16.7. The zero-order valence-corrected chi connectivity index (χ0v) is 11.0. The molecule has 0 fully saturated rings. The third-order valence-electron chi connectivity index (χ3n) is 3.77. The van der Waals surface area contributed by atoms with Crippen LogP contribution in [0.15, 0.2) is 42.6 Å². The van der Waals surface area contributed by atoms with Crippen LogP contribution in [0.25, 0.3) is 0 Å². The highest BCUT2D eigenvalue weighted by Crippen LogP contribution is 2.34. The maximum absolute atomic E-state index is 12.5. The average Bonchev–Trinajstić information content (AvgIpc) is 2.90. The highest BCUT2D eigenvalue weighted by molar-refractivity contribution is 6.01. The van der Waals surface area contributed by atoms with Gasteiger partial charge in [0.05, 0.1) is 17.2 Å². The lowest BCUT2D eigenvalue weighted by molar-refractivity contribution is -0.137. The van der Waals surface area contributed by atoms with Crippen LogP contribution in [0.5, 0.6) is 0 Å². The molecule has 1 atom stereocenters. The Balaban J connectivity index is 1.87. The minimum Gasteiger partial charge on any atom is -0.293 e. The first kappa shape index (κ1) is 13.8. The largest absolute Gasteiger partial charge is 0.416 e. The van der Waals surface area contributed by atoms with Gasteiger partial charge in [-0.15, -0.1) is 0 Å². The van der Waals surface area contributed by atoms with E-state index in [9.17, 15) is 18.0 Å². The molecule has 1 aromatic heterocycles. The minimum atomic E-state index is -4.39. The summed E-state index contributed by atoms with van der Waals surface area (Å²) in [6.07, 6.45) is -1.31. The van der Waals surface area contributed by atoms with Gasteiger partial charge in [-0.3, -0.25) is 9.78 Å². The molecule has 0 saturated carbocycles. The summed E-state index contributed by atoms with van der Waals surface area (Å²) in [6, 6.07) is 8.13. The predicted octanol–water partition coefficient (Wildman–Crippen LogP) is 4.01. The number of aromatic nitrogens is 1. The van der Waals surface area contributed by atoms with Crippen LogP contribution in [-0.2, 0) is 12.6 Å². The number of hydrogen-bond acceptors (Lipinski definition) is 2. The molecule has 0 saturated heterocycles. The lowest BCUT2D eigenvalue weighted by Crippen LogP contribution is -2.12. The van der Waals surface area contributed by atoms with Crippen molar-refractivity contribution in [1.82, 2.24) is 4.98 Å². The van der Waals surface area contributed by atoms with E-state index in [4.69, 9.17) is 0 Å². The highest BCUT2D eigenvalue weighted by Gasteiger charge is 2.32. The third kappa shape index (κ3) is 2.55. The van der Waals surface area contributed by atoms with Gasteiger partial charge >= 0.3 is 6.18 Å². The van der Waals surface area contributed by atoms with Gasteiger partial charge in [0.25, 0.3) is 0 Å². The molecule has 3 rings (SSSR count). The molecular weight excluding hydrogens is 279 g/mol. The van der Waals surface area contributed by atoms with E-state index in [1.165, 1.54) is 12.1 Å². The molecule has 0 aliphatic heterocycles. The first-order valence-electron chi connectivity index (χ1n) is 6.62. The Kier molecular flexibility index (Phi) is 3.27. The minimum absolute atomic E-state index is 0.166. The van der Waals surface area contributed by atoms with Crippen LogP contribution < -0.4 is 0 Å². The first-order valence-corrected chi connectivity index (χ1v) is 6.62. The second kappa shape index (κ2) is 4.98. The molecule has 0 spiro atoms. The number of halogens is 3. The van der Waals surface area contributed by atoms with E-state index in [1.807, 2.05) is 12.1 Å². The summed E-state index contributed by atoms with van der Waals surface area (Å²) in [7, 11) is 0. The van der Waals surface area contributed by atoms with Crippen molar-refractivity contribution >= 4 is 5.78 Å². The second-order valence-corrected chi connectivity index (χ2v) is 5.08. The number of Topliss-reactive ketones (excluding diaryl/α,β-unsaturated/α-hetero) is 1. The molecule has 1 unspecified atom stereocenters. The summed E-state index contributed by atoms with van der Waals surface area (Å²) >= 11 is 0. The molecule has 0 amide bonds. The summed E-state index contributed by atoms with van der Waals surface area (Å²) < 4.78 is 37.6. The fraction of sp³-hybridized carbons (Fsp3) is 0.250. The SMILES string of the molecule is O=C(c1ccc(C(F)(F)F)cc1)C1CCc2cccnc21. The van der Waals surface area contributed by atoms with E-state index < -0.39 is 11.7 Å². The Hall–Kier alpha value is -2.17. The van der Waals surface area contributed by atoms with E-state index in [0.717, 1.165) is 29.8 Å². The average molecular weight is 291 g/mol. The number of carbonyl (C=O) groups is 1. The highest BCUT2D eigenvalue weighted by atomic mass is 19.4. The number of nitrogens with zero attached hydrogens (tertiary/aromatic N) is 1. The number of fused-ring (bicyclic) bond motifs is 1. The molecule has 2 aromatic rings. The van der Waals surface area contributed by atoms with Crippen molar-refractivity contribution in [3.8, 4) is 0 Å². The van der Waals surface area contributed by atoms with E-state index in [1.54, 1.807) is 6.20 Å². The number of benzene rings is 1. The number of rotatable bonds is 2. The van der Waals surface area contributed by atoms with Crippen LogP contribution in [0, 0.1) is 0 Å². The van der Waals surface area contributed by atoms with Crippen molar-refractivity contribution in [2.45, 2.75) is 24.9 Å². The number of ketones is 1. The van der Waals surface area contributed by atoms with Gasteiger partial charge < -0.3 is 0 Å². The van der Waals surface area contributed by atoms with Crippen LogP contribution in [0.4, 0.5) is 13.2 Å². The summed E-state index contributed by atoms with van der Waals surface area (Å²) in [6.45, 7) is 0. The Labute approximate surface area is 119 Å². The zero-order valence-electron chi connectivity index (χ0n) is 11.0. The Morgan fingerprint density at radius 3 is 2.52 bits per heavy atom. The van der Waals surface area contributed by atoms with Gasteiger partial charge in [-0.1, -0.05) is 18.2 Å². The molecule has 0 bridgehead atoms. The number of hydrogen-bond donors (Lipinski definition) is 0. The number of aryl methyl sites for hydroxylation is 1.